The van der Waals surface area contributed by atoms with Crippen molar-refractivity contribution in [2.45, 2.75) is 6.42 Å². The predicted molar refractivity (Wildman–Crippen MR) is 64.2 cm³/mol. The molecule has 0 aromatic heterocycles. The minimum atomic E-state index is 0.710. The number of hydrogen-bond donors (Lipinski definition) is 0. The van der Waals surface area contributed by atoms with Crippen LogP contribution in [0.25, 0.3) is 0 Å². The van der Waals surface area contributed by atoms with Crippen molar-refractivity contribution in [2.24, 2.45) is 0 Å². The Hall–Kier alpha value is 0.959. The molecule has 0 radical (unpaired) electrons. The van der Waals surface area contributed by atoms with Gasteiger partial charge < -0.3 is 0 Å². The van der Waals surface area contributed by atoms with Gasteiger partial charge in [-0.2, -0.15) is 0 Å². The fourth-order valence-corrected chi connectivity index (χ4v) is 12.1. The number of thioether (sulfide) groups is 2. The molecule has 2 heterocycles. The molecule has 1 aliphatic carbocycles. The summed E-state index contributed by atoms with van der Waals surface area (Å²) < 4.78 is 7.02. The Bertz CT molecular complexity index is 334. The van der Waals surface area contributed by atoms with Crippen LogP contribution in [0, 0.1) is 0 Å². The van der Waals surface area contributed by atoms with Gasteiger partial charge in [0, 0.05) is 0 Å². The molecule has 0 aromatic rings. The Morgan fingerprint density at radius 2 is 2.00 bits per heavy atom. The average molecular weight is 338 g/mol. The van der Waals surface area contributed by atoms with Crippen LogP contribution in [-0.4, -0.2) is 41.4 Å². The summed E-state index contributed by atoms with van der Waals surface area (Å²) in [5, 5.41) is 0. The van der Waals surface area contributed by atoms with Crippen molar-refractivity contribution in [1.82, 2.24) is 0 Å². The van der Waals surface area contributed by atoms with Gasteiger partial charge in [-0.15, -0.1) is 0 Å². The zero-order valence-corrected chi connectivity index (χ0v) is 12.0. The van der Waals surface area contributed by atoms with E-state index in [0.717, 1.165) is 15.0 Å². The molecule has 2 aliphatic heterocycles. The topological polar surface area (TPSA) is 0 Å². The van der Waals surface area contributed by atoms with Gasteiger partial charge in [0.25, 0.3) is 0 Å². The summed E-state index contributed by atoms with van der Waals surface area (Å²) in [5.41, 5.74) is 0. The molecule has 0 nitrogen and oxygen atoms in total. The molecule has 1 saturated heterocycles. The normalized spacial score (nSPS) is 26.5. The van der Waals surface area contributed by atoms with E-state index in [2.05, 4.69) is 35.7 Å². The van der Waals surface area contributed by atoms with Crippen molar-refractivity contribution < 1.29 is 0 Å². The van der Waals surface area contributed by atoms with Gasteiger partial charge in [0.2, 0.25) is 0 Å². The first-order valence-corrected chi connectivity index (χ1v) is 9.58. The third-order valence-corrected chi connectivity index (χ3v) is 12.6. The van der Waals surface area contributed by atoms with Crippen LogP contribution >= 0.6 is 23.5 Å². The van der Waals surface area contributed by atoms with Gasteiger partial charge in [0.15, 0.2) is 0 Å². The second-order valence-electron chi connectivity index (χ2n) is 2.87. The maximum atomic E-state index is 2.37. The minimum absolute atomic E-state index is 0.710. The molecule has 0 amide bonds. The molecule has 0 unspecified atom stereocenters. The van der Waals surface area contributed by atoms with Crippen LogP contribution in [0.5, 0.6) is 0 Å². The van der Waals surface area contributed by atoms with E-state index in [0.29, 0.717) is 15.0 Å². The molecule has 0 atom stereocenters. The van der Waals surface area contributed by atoms with Gasteiger partial charge in [-0.1, -0.05) is 0 Å². The van der Waals surface area contributed by atoms with Crippen molar-refractivity contribution in [3.05, 3.63) is 28.7 Å². The summed E-state index contributed by atoms with van der Waals surface area (Å²) in [6.45, 7) is 0. The van der Waals surface area contributed by atoms with E-state index in [1.807, 2.05) is 3.37 Å². The van der Waals surface area contributed by atoms with Gasteiger partial charge in [0.1, 0.15) is 0 Å². The van der Waals surface area contributed by atoms with E-state index in [1.54, 1.807) is 13.2 Å². The first kappa shape index (κ1) is 9.20. The van der Waals surface area contributed by atoms with Crippen molar-refractivity contribution in [3.8, 4) is 0 Å². The third kappa shape index (κ3) is 1.73. The Kier molecular flexibility index (Phi) is 2.72. The second kappa shape index (κ2) is 3.84. The molecule has 4 heteroatoms. The van der Waals surface area contributed by atoms with Crippen LogP contribution in [0.4, 0.5) is 0 Å². The van der Waals surface area contributed by atoms with Gasteiger partial charge >= 0.3 is 100 Å². The van der Waals surface area contributed by atoms with E-state index in [9.17, 15) is 0 Å². The van der Waals surface area contributed by atoms with E-state index in [-0.39, 0.29) is 0 Å². The van der Waals surface area contributed by atoms with Crippen molar-refractivity contribution in [1.29, 1.82) is 0 Å². The Morgan fingerprint density at radius 1 is 1.15 bits per heavy atom. The Labute approximate surface area is 99.4 Å². The Morgan fingerprint density at radius 3 is 2.77 bits per heavy atom. The predicted octanol–water partition coefficient (Wildman–Crippen LogP) is 2.19. The summed E-state index contributed by atoms with van der Waals surface area (Å²) in [7, 11) is 0. The molecule has 0 spiro atoms. The van der Waals surface area contributed by atoms with Crippen LogP contribution in [0.3, 0.4) is 0 Å². The fraction of sp³-hybridized carbons (Fsp3) is 0.333. The monoisotopic (exact) mass is 340 g/mol. The van der Waals surface area contributed by atoms with Crippen LogP contribution in [0.1, 0.15) is 6.42 Å². The fourth-order valence-electron chi connectivity index (χ4n) is 1.39. The third-order valence-electron chi connectivity index (χ3n) is 1.98. The van der Waals surface area contributed by atoms with E-state index in [1.165, 1.54) is 17.9 Å². The number of hydrogen-bond acceptors (Lipinski definition) is 2. The summed E-state index contributed by atoms with van der Waals surface area (Å²) in [5.74, 6) is 2.69. The van der Waals surface area contributed by atoms with Gasteiger partial charge in [0.05, 0.1) is 0 Å². The molecule has 68 valence electrons. The SMILES string of the molecule is C1=CC2=C(C1)[Se]C(=C1SCCS1)[Se]2. The average Bonchev–Trinajstić information content (AvgIpc) is 2.78. The van der Waals surface area contributed by atoms with Crippen LogP contribution in [0.2, 0.25) is 0 Å². The van der Waals surface area contributed by atoms with Crippen molar-refractivity contribution >= 4 is 53.4 Å². The molecule has 3 aliphatic rings. The van der Waals surface area contributed by atoms with Gasteiger partial charge in [-0.3, -0.25) is 0 Å². The van der Waals surface area contributed by atoms with Crippen molar-refractivity contribution in [3.63, 3.8) is 0 Å². The molecule has 13 heavy (non-hydrogen) atoms. The molecule has 0 aromatic carbocycles. The summed E-state index contributed by atoms with van der Waals surface area (Å²) in [6.07, 6.45) is 5.97. The first-order valence-electron chi connectivity index (χ1n) is 4.19. The van der Waals surface area contributed by atoms with E-state index >= 15 is 0 Å². The number of rotatable bonds is 0. The standard InChI is InChI=1S/C9H8S2Se2/c1-2-6-7(3-1)13-9(12-6)8-10-4-5-11-8/h1-2H,3-5H2. The summed E-state index contributed by atoms with van der Waals surface area (Å²) in [6, 6.07) is 0. The van der Waals surface area contributed by atoms with E-state index < -0.39 is 0 Å². The molecule has 0 bridgehead atoms. The summed E-state index contributed by atoms with van der Waals surface area (Å²) in [4.78, 5) is 0. The van der Waals surface area contributed by atoms with Crippen LogP contribution in [0.15, 0.2) is 28.7 Å². The molecular weight excluding hydrogens is 330 g/mol. The quantitative estimate of drug-likeness (QED) is 0.621. The van der Waals surface area contributed by atoms with Gasteiger partial charge in [-0.05, 0) is 0 Å². The number of allylic oxidation sites excluding steroid dienone is 4. The van der Waals surface area contributed by atoms with Crippen molar-refractivity contribution in [2.75, 3.05) is 11.5 Å². The zero-order valence-electron chi connectivity index (χ0n) is 6.91. The molecule has 0 saturated carbocycles. The second-order valence-corrected chi connectivity index (χ2v) is 11.2. The van der Waals surface area contributed by atoms with Crippen LogP contribution < -0.4 is 0 Å². The summed E-state index contributed by atoms with van der Waals surface area (Å²) >= 11 is 5.65. The zero-order chi connectivity index (χ0) is 8.67. The first-order chi connectivity index (χ1) is 6.43. The maximum absolute atomic E-state index is 2.37. The molecule has 1 fully saturated rings. The molecular formula is C9H8S2Se2. The molecule has 3 rings (SSSR count). The Balaban J connectivity index is 1.85. The molecule has 0 N–H and O–H groups in total. The van der Waals surface area contributed by atoms with Gasteiger partial charge in [-0.25, -0.2) is 0 Å². The van der Waals surface area contributed by atoms with E-state index in [4.69, 9.17) is 0 Å². The van der Waals surface area contributed by atoms with Crippen LogP contribution in [-0.2, 0) is 0 Å².